The Morgan fingerprint density at radius 1 is 0.761 bits per heavy atom. The molecule has 1 saturated heterocycles. The molecular formula is C39H36BrCl2NO3. The Balaban J connectivity index is 0.00000119. The number of hydrogen-bond donors (Lipinski definition) is 0. The van der Waals surface area contributed by atoms with Gasteiger partial charge in [0.15, 0.2) is 17.1 Å². The van der Waals surface area contributed by atoms with E-state index in [4.69, 9.17) is 37.4 Å². The molecule has 7 heteroatoms. The average Bonchev–Trinajstić information content (AvgIpc) is 3.12. The molecule has 7 rings (SSSR count). The fraction of sp³-hybridized carbons (Fsp3) is 0.231. The van der Waals surface area contributed by atoms with Crippen LogP contribution in [0.5, 0.6) is 17.2 Å². The van der Waals surface area contributed by atoms with Crippen molar-refractivity contribution in [1.29, 1.82) is 0 Å². The van der Waals surface area contributed by atoms with Crippen LogP contribution >= 0.6 is 39.1 Å². The Hall–Kier alpha value is -3.64. The van der Waals surface area contributed by atoms with E-state index in [-0.39, 0.29) is 5.34 Å². The van der Waals surface area contributed by atoms with Crippen molar-refractivity contribution in [1.82, 2.24) is 0 Å². The van der Waals surface area contributed by atoms with E-state index in [2.05, 4.69) is 130 Å². The molecule has 4 nitrogen and oxygen atoms in total. The molecule has 0 spiro atoms. The lowest BCUT2D eigenvalue weighted by atomic mass is 9.82. The minimum Gasteiger partial charge on any atom is -0.493 e. The number of benzene rings is 5. The van der Waals surface area contributed by atoms with Gasteiger partial charge in [0.2, 0.25) is 0 Å². The fourth-order valence-electron chi connectivity index (χ4n) is 6.51. The van der Waals surface area contributed by atoms with Crippen molar-refractivity contribution in [2.45, 2.75) is 24.9 Å². The van der Waals surface area contributed by atoms with E-state index in [1.54, 1.807) is 14.2 Å². The van der Waals surface area contributed by atoms with Crippen molar-refractivity contribution >= 4 is 61.7 Å². The number of piperidine rings is 1. The van der Waals surface area contributed by atoms with Crippen molar-refractivity contribution in [2.24, 2.45) is 0 Å². The third kappa shape index (κ3) is 6.33. The van der Waals surface area contributed by atoms with E-state index in [9.17, 15) is 0 Å². The monoisotopic (exact) mass is 715 g/mol. The molecule has 1 atom stereocenters. The fourth-order valence-corrected chi connectivity index (χ4v) is 6.78. The lowest BCUT2D eigenvalue weighted by Crippen LogP contribution is -2.34. The van der Waals surface area contributed by atoms with Crippen LogP contribution in [0.1, 0.15) is 36.0 Å². The highest BCUT2D eigenvalue weighted by Gasteiger charge is 2.38. The molecule has 0 radical (unpaired) electrons. The normalized spacial score (nSPS) is 17.0. The largest absolute Gasteiger partial charge is 0.493 e. The van der Waals surface area contributed by atoms with E-state index >= 15 is 0 Å². The smallest absolute Gasteiger partial charge is 0.178 e. The predicted octanol–water partition coefficient (Wildman–Crippen LogP) is 11.0. The summed E-state index contributed by atoms with van der Waals surface area (Å²) in [6.07, 6.45) is 8.24. The van der Waals surface area contributed by atoms with Gasteiger partial charge in [-0.05, 0) is 95.8 Å². The quantitative estimate of drug-likeness (QED) is 0.164. The molecule has 0 bridgehead atoms. The number of nitrogens with zero attached hydrogens (tertiary/aromatic N) is 1. The zero-order valence-corrected chi connectivity index (χ0v) is 29.0. The van der Waals surface area contributed by atoms with Crippen LogP contribution in [0.2, 0.25) is 0 Å². The van der Waals surface area contributed by atoms with Crippen molar-refractivity contribution in [3.8, 4) is 28.4 Å². The van der Waals surface area contributed by atoms with Crippen molar-refractivity contribution in [2.75, 3.05) is 37.5 Å². The van der Waals surface area contributed by atoms with E-state index in [0.717, 1.165) is 61.9 Å². The lowest BCUT2D eigenvalue weighted by Gasteiger charge is -2.37. The Morgan fingerprint density at radius 3 is 2.00 bits per heavy atom. The van der Waals surface area contributed by atoms with Crippen LogP contribution in [-0.4, -0.2) is 32.6 Å². The molecule has 1 unspecified atom stereocenters. The van der Waals surface area contributed by atoms with Crippen molar-refractivity contribution < 1.29 is 14.2 Å². The number of methoxy groups -OCH3 is 2. The maximum atomic E-state index is 7.22. The topological polar surface area (TPSA) is 30.9 Å². The van der Waals surface area contributed by atoms with Gasteiger partial charge in [-0.25, -0.2) is 0 Å². The van der Waals surface area contributed by atoms with Gasteiger partial charge in [-0.2, -0.15) is 0 Å². The van der Waals surface area contributed by atoms with Crippen LogP contribution in [0.15, 0.2) is 108 Å². The third-order valence-corrected chi connectivity index (χ3v) is 9.30. The maximum Gasteiger partial charge on any atom is 0.178 e. The molecule has 5 aromatic carbocycles. The summed E-state index contributed by atoms with van der Waals surface area (Å²) in [6.45, 7) is 2.24. The Bertz CT molecular complexity index is 1820. The summed E-state index contributed by atoms with van der Waals surface area (Å²) in [4.78, 5) is 2.49. The standard InChI is InChI=1S/C38H34BrNO3.CH2Cl2/c1-41-36-24-33-31-19-20-38(27-9-5-3-6-10-27,28-13-17-30(18-14-28)40-21-7-4-8-22-40)43-35(31)23-32(34(33)25-37(36)42-2)26-11-15-29(39)16-12-26;2-1-3/h3,5-6,9-20,23-25H,4,7-8,21-22H2,1-2H3;1H2. The first-order chi connectivity index (χ1) is 22.5. The molecule has 0 saturated carbocycles. The first kappa shape index (κ1) is 32.3. The van der Waals surface area contributed by atoms with E-state index < -0.39 is 5.60 Å². The first-order valence-electron chi connectivity index (χ1n) is 15.4. The predicted molar refractivity (Wildman–Crippen MR) is 196 cm³/mol. The molecule has 0 aliphatic carbocycles. The Labute approximate surface area is 289 Å². The van der Waals surface area contributed by atoms with Gasteiger partial charge < -0.3 is 19.1 Å². The van der Waals surface area contributed by atoms with E-state index in [1.807, 2.05) is 0 Å². The number of anilines is 1. The molecule has 5 aromatic rings. The minimum absolute atomic E-state index is 0.194. The van der Waals surface area contributed by atoms with E-state index in [1.165, 1.54) is 24.9 Å². The van der Waals surface area contributed by atoms with Gasteiger partial charge in [0.1, 0.15) is 5.75 Å². The molecule has 0 aromatic heterocycles. The highest BCUT2D eigenvalue weighted by atomic mass is 79.9. The van der Waals surface area contributed by atoms with Crippen molar-refractivity contribution in [3.05, 3.63) is 124 Å². The van der Waals surface area contributed by atoms with Gasteiger partial charge in [-0.15, -0.1) is 23.2 Å². The third-order valence-electron chi connectivity index (χ3n) is 8.78. The summed E-state index contributed by atoms with van der Waals surface area (Å²) in [5, 5.41) is 2.32. The molecule has 1 fully saturated rings. The Morgan fingerprint density at radius 2 is 1.37 bits per heavy atom. The van der Waals surface area contributed by atoms with Crippen molar-refractivity contribution in [3.63, 3.8) is 0 Å². The molecule has 2 heterocycles. The van der Waals surface area contributed by atoms with Crippen LogP contribution in [0.25, 0.3) is 28.0 Å². The van der Waals surface area contributed by atoms with Crippen LogP contribution in [0, 0.1) is 0 Å². The molecule has 2 aliphatic heterocycles. The summed E-state index contributed by atoms with van der Waals surface area (Å²) in [5.74, 6) is 2.21. The number of ether oxygens (including phenoxy) is 3. The number of alkyl halides is 2. The van der Waals surface area contributed by atoms with Crippen LogP contribution in [0.3, 0.4) is 0 Å². The van der Waals surface area contributed by atoms with Gasteiger partial charge >= 0.3 is 0 Å². The second kappa shape index (κ2) is 14.4. The van der Waals surface area contributed by atoms with Gasteiger partial charge in [-0.3, -0.25) is 0 Å². The molecule has 236 valence electrons. The summed E-state index contributed by atoms with van der Waals surface area (Å²) in [5.41, 5.74) is 5.86. The molecule has 46 heavy (non-hydrogen) atoms. The van der Waals surface area contributed by atoms with Crippen LogP contribution < -0.4 is 19.1 Å². The summed E-state index contributed by atoms with van der Waals surface area (Å²) in [7, 11) is 3.35. The second-order valence-corrected chi connectivity index (χ2v) is 13.1. The molecule has 0 N–H and O–H groups in total. The van der Waals surface area contributed by atoms with E-state index in [0.29, 0.717) is 11.5 Å². The number of hydrogen-bond acceptors (Lipinski definition) is 4. The summed E-state index contributed by atoms with van der Waals surface area (Å²) in [6, 6.07) is 34.2. The number of fused-ring (bicyclic) bond motifs is 3. The Kier molecular flexibility index (Phi) is 10.1. The van der Waals surface area contributed by atoms with Gasteiger partial charge in [0, 0.05) is 39.9 Å². The van der Waals surface area contributed by atoms with Crippen LogP contribution in [0.4, 0.5) is 5.69 Å². The number of halogens is 3. The minimum atomic E-state index is -0.782. The maximum absolute atomic E-state index is 7.22. The van der Waals surface area contributed by atoms with Crippen LogP contribution in [-0.2, 0) is 5.60 Å². The SMILES string of the molecule is COc1cc2c(-c3ccc(Br)cc3)cc3c(c2cc1OC)C=CC(c1ccccc1)(c1ccc(N2CCCCC2)cc1)O3.ClCCl. The highest BCUT2D eigenvalue weighted by molar-refractivity contribution is 9.10. The first-order valence-corrected chi connectivity index (χ1v) is 17.3. The zero-order valence-electron chi connectivity index (χ0n) is 25.9. The average molecular weight is 718 g/mol. The summed E-state index contributed by atoms with van der Waals surface area (Å²) >= 11 is 13.1. The summed E-state index contributed by atoms with van der Waals surface area (Å²) < 4.78 is 19.7. The molecule has 0 amide bonds. The zero-order chi connectivity index (χ0) is 32.1. The van der Waals surface area contributed by atoms with Gasteiger partial charge in [-0.1, -0.05) is 70.5 Å². The molecule has 2 aliphatic rings. The number of rotatable bonds is 6. The van der Waals surface area contributed by atoms with Gasteiger partial charge in [0.25, 0.3) is 0 Å². The lowest BCUT2D eigenvalue weighted by molar-refractivity contribution is 0.161. The molecular weight excluding hydrogens is 681 g/mol. The van der Waals surface area contributed by atoms with Gasteiger partial charge in [0.05, 0.1) is 19.6 Å². The second-order valence-electron chi connectivity index (χ2n) is 11.3. The highest BCUT2D eigenvalue weighted by Crippen LogP contribution is 2.49.